The van der Waals surface area contributed by atoms with Crippen LogP contribution in [0, 0.1) is 20.8 Å². The second-order valence-corrected chi connectivity index (χ2v) is 7.40. The fourth-order valence-corrected chi connectivity index (χ4v) is 3.24. The second kappa shape index (κ2) is 8.55. The minimum Gasteiger partial charge on any atom is -0.358 e. The summed E-state index contributed by atoms with van der Waals surface area (Å²) in [7, 11) is 0. The van der Waals surface area contributed by atoms with Gasteiger partial charge in [0.05, 0.1) is 23.6 Å². The summed E-state index contributed by atoms with van der Waals surface area (Å²) in [6.07, 6.45) is 0. The van der Waals surface area contributed by atoms with E-state index in [1.807, 2.05) is 42.8 Å². The molecule has 0 aliphatic rings. The lowest BCUT2D eigenvalue weighted by molar-refractivity contribution is 0.659. The molecule has 3 aromatic rings. The van der Waals surface area contributed by atoms with Gasteiger partial charge < -0.3 is 10.6 Å². The summed E-state index contributed by atoms with van der Waals surface area (Å²) in [6, 6.07) is 16.2. The molecule has 6 heteroatoms. The highest BCUT2D eigenvalue weighted by atomic mass is 35.5. The lowest BCUT2D eigenvalue weighted by Crippen LogP contribution is -2.28. The van der Waals surface area contributed by atoms with Crippen LogP contribution in [0.25, 0.3) is 0 Å². The quantitative estimate of drug-likeness (QED) is 0.593. The van der Waals surface area contributed by atoms with Gasteiger partial charge in [0.2, 0.25) is 0 Å². The van der Waals surface area contributed by atoms with Gasteiger partial charge in [-0.3, -0.25) is 4.68 Å². The molecule has 0 bridgehead atoms. The Bertz CT molecular complexity index is 947. The van der Waals surface area contributed by atoms with Crippen molar-refractivity contribution in [1.29, 1.82) is 0 Å². The Balaban J connectivity index is 1.66. The van der Waals surface area contributed by atoms with E-state index in [0.717, 1.165) is 27.7 Å². The molecule has 0 saturated carbocycles. The zero-order chi connectivity index (χ0) is 19.4. The number of aromatic nitrogens is 2. The van der Waals surface area contributed by atoms with Gasteiger partial charge in [0, 0.05) is 11.6 Å². The van der Waals surface area contributed by atoms with E-state index >= 15 is 0 Å². The zero-order valence-corrected chi connectivity index (χ0v) is 17.3. The molecule has 0 saturated heterocycles. The van der Waals surface area contributed by atoms with E-state index in [4.69, 9.17) is 23.8 Å². The summed E-state index contributed by atoms with van der Waals surface area (Å²) in [4.78, 5) is 0. The van der Waals surface area contributed by atoms with Gasteiger partial charge in [-0.15, -0.1) is 0 Å². The molecule has 27 heavy (non-hydrogen) atoms. The number of hydrogen-bond acceptors (Lipinski definition) is 2. The van der Waals surface area contributed by atoms with Crippen molar-refractivity contribution in [3.05, 3.63) is 81.6 Å². The molecule has 0 aliphatic carbocycles. The van der Waals surface area contributed by atoms with Gasteiger partial charge in [-0.05, 0) is 50.2 Å². The minimum absolute atomic E-state index is 0.582. The molecule has 1 heterocycles. The van der Waals surface area contributed by atoms with Crippen LogP contribution in [0.4, 0.5) is 5.69 Å². The third-order valence-electron chi connectivity index (χ3n) is 4.47. The zero-order valence-electron chi connectivity index (χ0n) is 15.7. The van der Waals surface area contributed by atoms with Crippen molar-refractivity contribution in [2.45, 2.75) is 33.9 Å². The van der Waals surface area contributed by atoms with Crippen molar-refractivity contribution in [3.63, 3.8) is 0 Å². The molecule has 0 radical (unpaired) electrons. The first-order valence-electron chi connectivity index (χ1n) is 8.82. The molecule has 2 N–H and O–H groups in total. The molecule has 3 rings (SSSR count). The summed E-state index contributed by atoms with van der Waals surface area (Å²) in [5.74, 6) is 0. The maximum absolute atomic E-state index is 6.28. The number of benzene rings is 2. The SMILES string of the molecule is Cc1ccc(CNC(=S)Nc2c(C)nn(Cc3ccccc3Cl)c2C)cc1. The van der Waals surface area contributed by atoms with Gasteiger partial charge in [0.1, 0.15) is 0 Å². The normalized spacial score (nSPS) is 10.7. The molecular weight excluding hydrogens is 376 g/mol. The van der Waals surface area contributed by atoms with Gasteiger partial charge in [-0.25, -0.2) is 0 Å². The lowest BCUT2D eigenvalue weighted by Gasteiger charge is -2.12. The fourth-order valence-electron chi connectivity index (χ4n) is 2.87. The number of hydrogen-bond donors (Lipinski definition) is 2. The number of halogens is 1. The van der Waals surface area contributed by atoms with Crippen LogP contribution in [-0.4, -0.2) is 14.9 Å². The van der Waals surface area contributed by atoms with Gasteiger partial charge in [0.15, 0.2) is 5.11 Å². The topological polar surface area (TPSA) is 41.9 Å². The number of rotatable bonds is 5. The van der Waals surface area contributed by atoms with Crippen molar-refractivity contribution in [3.8, 4) is 0 Å². The monoisotopic (exact) mass is 398 g/mol. The first-order chi connectivity index (χ1) is 12.9. The first-order valence-corrected chi connectivity index (χ1v) is 9.60. The summed E-state index contributed by atoms with van der Waals surface area (Å²) in [5.41, 5.74) is 6.33. The van der Waals surface area contributed by atoms with E-state index in [9.17, 15) is 0 Å². The molecule has 2 aromatic carbocycles. The molecular formula is C21H23ClN4S. The summed E-state index contributed by atoms with van der Waals surface area (Å²) in [6.45, 7) is 7.38. The van der Waals surface area contributed by atoms with Crippen LogP contribution in [0.2, 0.25) is 5.02 Å². The summed E-state index contributed by atoms with van der Waals surface area (Å²) < 4.78 is 1.95. The summed E-state index contributed by atoms with van der Waals surface area (Å²) >= 11 is 11.7. The highest BCUT2D eigenvalue weighted by Crippen LogP contribution is 2.22. The van der Waals surface area contributed by atoms with Crippen LogP contribution in [0.5, 0.6) is 0 Å². The predicted octanol–water partition coefficient (Wildman–Crippen LogP) is 5.00. The average molecular weight is 399 g/mol. The number of aryl methyl sites for hydroxylation is 2. The van der Waals surface area contributed by atoms with Crippen LogP contribution < -0.4 is 10.6 Å². The molecule has 4 nitrogen and oxygen atoms in total. The standard InChI is InChI=1S/C21H23ClN4S/c1-14-8-10-17(11-9-14)12-23-21(27)24-20-15(2)25-26(16(20)3)13-18-6-4-5-7-19(18)22/h4-11H,12-13H2,1-3H3,(H2,23,24,27). The van der Waals surface area contributed by atoms with Crippen molar-refractivity contribution < 1.29 is 0 Å². The Morgan fingerprint density at radius 2 is 1.78 bits per heavy atom. The molecule has 0 aliphatic heterocycles. The largest absolute Gasteiger partial charge is 0.358 e. The average Bonchev–Trinajstić information content (AvgIpc) is 2.90. The molecule has 140 valence electrons. The Labute approximate surface area is 170 Å². The molecule has 1 aromatic heterocycles. The molecule has 0 amide bonds. The highest BCUT2D eigenvalue weighted by Gasteiger charge is 2.13. The molecule has 0 atom stereocenters. The van der Waals surface area contributed by atoms with Crippen molar-refractivity contribution >= 4 is 34.6 Å². The van der Waals surface area contributed by atoms with Crippen LogP contribution >= 0.6 is 23.8 Å². The lowest BCUT2D eigenvalue weighted by atomic mass is 10.1. The Morgan fingerprint density at radius 3 is 2.48 bits per heavy atom. The van der Waals surface area contributed by atoms with E-state index in [-0.39, 0.29) is 0 Å². The van der Waals surface area contributed by atoms with Crippen molar-refractivity contribution in [2.75, 3.05) is 5.32 Å². The van der Waals surface area contributed by atoms with Crippen molar-refractivity contribution in [1.82, 2.24) is 15.1 Å². The number of nitrogens with zero attached hydrogens (tertiary/aromatic N) is 2. The van der Waals surface area contributed by atoms with E-state index in [0.29, 0.717) is 18.2 Å². The summed E-state index contributed by atoms with van der Waals surface area (Å²) in [5, 5.41) is 12.5. The van der Waals surface area contributed by atoms with Crippen molar-refractivity contribution in [2.24, 2.45) is 0 Å². The highest BCUT2D eigenvalue weighted by molar-refractivity contribution is 7.80. The number of anilines is 1. The van der Waals surface area contributed by atoms with E-state index in [1.54, 1.807) is 0 Å². The van der Waals surface area contributed by atoms with Gasteiger partial charge in [-0.1, -0.05) is 59.6 Å². The Hall–Kier alpha value is -2.37. The molecule has 0 unspecified atom stereocenters. The third kappa shape index (κ3) is 4.87. The number of nitrogens with one attached hydrogen (secondary N) is 2. The minimum atomic E-state index is 0.582. The Kier molecular flexibility index (Phi) is 6.14. The Morgan fingerprint density at radius 1 is 1.07 bits per heavy atom. The predicted molar refractivity (Wildman–Crippen MR) is 116 cm³/mol. The third-order valence-corrected chi connectivity index (χ3v) is 5.09. The second-order valence-electron chi connectivity index (χ2n) is 6.59. The number of thiocarbonyl (C=S) groups is 1. The van der Waals surface area contributed by atoms with E-state index < -0.39 is 0 Å². The van der Waals surface area contributed by atoms with Crippen LogP contribution in [-0.2, 0) is 13.1 Å². The van der Waals surface area contributed by atoms with Crippen LogP contribution in [0.1, 0.15) is 28.1 Å². The smallest absolute Gasteiger partial charge is 0.171 e. The fraction of sp³-hybridized carbons (Fsp3) is 0.238. The van der Waals surface area contributed by atoms with Gasteiger partial charge in [0.25, 0.3) is 0 Å². The van der Waals surface area contributed by atoms with Crippen LogP contribution in [0.15, 0.2) is 48.5 Å². The maximum Gasteiger partial charge on any atom is 0.171 e. The van der Waals surface area contributed by atoms with Gasteiger partial charge >= 0.3 is 0 Å². The molecule has 0 fully saturated rings. The maximum atomic E-state index is 6.28. The molecule has 0 spiro atoms. The van der Waals surface area contributed by atoms with Gasteiger partial charge in [-0.2, -0.15) is 5.10 Å². The first kappa shape index (κ1) is 19.4. The van der Waals surface area contributed by atoms with E-state index in [1.165, 1.54) is 11.1 Å². The van der Waals surface area contributed by atoms with Crippen LogP contribution in [0.3, 0.4) is 0 Å². The van der Waals surface area contributed by atoms with E-state index in [2.05, 4.69) is 46.9 Å².